The topological polar surface area (TPSA) is 66.8 Å². The van der Waals surface area contributed by atoms with Crippen molar-refractivity contribution < 1.29 is 19.4 Å². The highest BCUT2D eigenvalue weighted by molar-refractivity contribution is 5.75. The minimum Gasteiger partial charge on any atom is -0.481 e. The highest BCUT2D eigenvalue weighted by Gasteiger charge is 2.38. The molecule has 1 rings (SSSR count). The lowest BCUT2D eigenvalue weighted by atomic mass is 9.78. The number of ether oxygens (including phenoxy) is 1. The SMILES string of the molecule is CCCCOC(=O)N1CCCC(CC)(C(=O)O)CC1. The molecule has 0 aromatic rings. The highest BCUT2D eigenvalue weighted by atomic mass is 16.6. The molecular formula is C14H25NO4. The predicted octanol–water partition coefficient (Wildman–Crippen LogP) is 2.89. The third kappa shape index (κ3) is 4.11. The van der Waals surface area contributed by atoms with Crippen molar-refractivity contribution in [2.45, 2.75) is 52.4 Å². The lowest BCUT2D eigenvalue weighted by molar-refractivity contribution is -0.150. The van der Waals surface area contributed by atoms with E-state index >= 15 is 0 Å². The van der Waals surface area contributed by atoms with Gasteiger partial charge in [0.2, 0.25) is 0 Å². The van der Waals surface area contributed by atoms with Crippen LogP contribution >= 0.6 is 0 Å². The standard InChI is InChI=1S/C14H25NO4/c1-3-5-11-19-13(18)15-9-6-7-14(4-2,8-10-15)12(16)17/h3-11H2,1-2H3,(H,16,17). The quantitative estimate of drug-likeness (QED) is 0.781. The largest absolute Gasteiger partial charge is 0.481 e. The summed E-state index contributed by atoms with van der Waals surface area (Å²) in [5.41, 5.74) is -0.668. The summed E-state index contributed by atoms with van der Waals surface area (Å²) in [6.45, 7) is 5.47. The van der Waals surface area contributed by atoms with Crippen molar-refractivity contribution in [3.63, 3.8) is 0 Å². The van der Waals surface area contributed by atoms with Gasteiger partial charge < -0.3 is 14.7 Å². The number of amides is 1. The highest BCUT2D eigenvalue weighted by Crippen LogP contribution is 2.35. The van der Waals surface area contributed by atoms with Gasteiger partial charge in [-0.15, -0.1) is 0 Å². The monoisotopic (exact) mass is 271 g/mol. The first-order chi connectivity index (χ1) is 9.05. The Morgan fingerprint density at radius 3 is 2.58 bits per heavy atom. The molecule has 0 spiro atoms. The summed E-state index contributed by atoms with van der Waals surface area (Å²) in [7, 11) is 0. The molecule has 1 heterocycles. The Morgan fingerprint density at radius 1 is 1.26 bits per heavy atom. The van der Waals surface area contributed by atoms with E-state index in [2.05, 4.69) is 0 Å². The number of carbonyl (C=O) groups excluding carboxylic acids is 1. The van der Waals surface area contributed by atoms with Gasteiger partial charge in [-0.25, -0.2) is 4.79 Å². The number of carboxylic acid groups (broad SMARTS) is 1. The first-order valence-electron chi connectivity index (χ1n) is 7.21. The summed E-state index contributed by atoms with van der Waals surface area (Å²) in [6.07, 6.45) is 4.05. The smallest absolute Gasteiger partial charge is 0.409 e. The maximum atomic E-state index is 11.9. The molecule has 1 aliphatic heterocycles. The molecule has 0 aliphatic carbocycles. The number of unbranched alkanes of at least 4 members (excludes halogenated alkanes) is 1. The molecule has 0 saturated carbocycles. The van der Waals surface area contributed by atoms with Crippen LogP contribution in [-0.4, -0.2) is 41.8 Å². The van der Waals surface area contributed by atoms with Gasteiger partial charge in [-0.3, -0.25) is 4.79 Å². The van der Waals surface area contributed by atoms with Crippen molar-refractivity contribution in [1.29, 1.82) is 0 Å². The maximum Gasteiger partial charge on any atom is 0.409 e. The van der Waals surface area contributed by atoms with Crippen LogP contribution in [0.5, 0.6) is 0 Å². The van der Waals surface area contributed by atoms with Crippen molar-refractivity contribution in [3.05, 3.63) is 0 Å². The molecule has 0 radical (unpaired) electrons. The molecule has 5 heteroatoms. The van der Waals surface area contributed by atoms with Crippen molar-refractivity contribution in [2.75, 3.05) is 19.7 Å². The Labute approximate surface area is 114 Å². The number of carboxylic acids is 1. The van der Waals surface area contributed by atoms with Crippen LogP contribution in [0.1, 0.15) is 52.4 Å². The Morgan fingerprint density at radius 2 is 2.00 bits per heavy atom. The van der Waals surface area contributed by atoms with Gasteiger partial charge in [0.25, 0.3) is 0 Å². The number of rotatable bonds is 5. The van der Waals surface area contributed by atoms with E-state index in [1.807, 2.05) is 13.8 Å². The average molecular weight is 271 g/mol. The van der Waals surface area contributed by atoms with Gasteiger partial charge in [0, 0.05) is 13.1 Å². The number of hydrogen-bond donors (Lipinski definition) is 1. The Bertz CT molecular complexity index is 319. The van der Waals surface area contributed by atoms with E-state index in [1.54, 1.807) is 4.90 Å². The normalized spacial score (nSPS) is 23.8. The van der Waals surface area contributed by atoms with Crippen LogP contribution in [0.3, 0.4) is 0 Å². The summed E-state index contributed by atoms with van der Waals surface area (Å²) in [6, 6.07) is 0. The van der Waals surface area contributed by atoms with Gasteiger partial charge in [-0.2, -0.15) is 0 Å². The van der Waals surface area contributed by atoms with Gasteiger partial charge in [0.05, 0.1) is 12.0 Å². The third-order valence-corrected chi connectivity index (χ3v) is 4.06. The Hall–Kier alpha value is -1.26. The summed E-state index contributed by atoms with van der Waals surface area (Å²) in [5.74, 6) is -0.740. The second kappa shape index (κ2) is 7.36. The second-order valence-electron chi connectivity index (χ2n) is 5.25. The fourth-order valence-corrected chi connectivity index (χ4v) is 2.49. The summed E-state index contributed by atoms with van der Waals surface area (Å²) in [4.78, 5) is 24.9. The lowest BCUT2D eigenvalue weighted by Gasteiger charge is -2.26. The van der Waals surface area contributed by atoms with Crippen LogP contribution in [0.2, 0.25) is 0 Å². The fourth-order valence-electron chi connectivity index (χ4n) is 2.49. The Balaban J connectivity index is 2.53. The summed E-state index contributed by atoms with van der Waals surface area (Å²) >= 11 is 0. The van der Waals surface area contributed by atoms with E-state index in [0.717, 1.165) is 19.3 Å². The number of nitrogens with zero attached hydrogens (tertiary/aromatic N) is 1. The third-order valence-electron chi connectivity index (χ3n) is 4.06. The van der Waals surface area contributed by atoms with E-state index < -0.39 is 11.4 Å². The molecule has 1 unspecified atom stereocenters. The van der Waals surface area contributed by atoms with Crippen LogP contribution in [0.4, 0.5) is 4.79 Å². The van der Waals surface area contributed by atoms with Crippen LogP contribution in [0, 0.1) is 5.41 Å². The minimum atomic E-state index is -0.740. The zero-order valence-electron chi connectivity index (χ0n) is 12.0. The van der Waals surface area contributed by atoms with E-state index in [1.165, 1.54) is 0 Å². The van der Waals surface area contributed by atoms with Crippen molar-refractivity contribution in [3.8, 4) is 0 Å². The van der Waals surface area contributed by atoms with Crippen LogP contribution in [-0.2, 0) is 9.53 Å². The number of likely N-dealkylation sites (tertiary alicyclic amines) is 1. The van der Waals surface area contributed by atoms with E-state index in [9.17, 15) is 14.7 Å². The summed E-state index contributed by atoms with van der Waals surface area (Å²) < 4.78 is 5.18. The van der Waals surface area contributed by atoms with Crippen LogP contribution < -0.4 is 0 Å². The van der Waals surface area contributed by atoms with E-state index in [4.69, 9.17) is 4.74 Å². The van der Waals surface area contributed by atoms with Crippen molar-refractivity contribution >= 4 is 12.1 Å². The maximum absolute atomic E-state index is 11.9. The van der Waals surface area contributed by atoms with E-state index in [-0.39, 0.29) is 6.09 Å². The fraction of sp³-hybridized carbons (Fsp3) is 0.857. The first kappa shape index (κ1) is 15.8. The van der Waals surface area contributed by atoms with Gasteiger partial charge in [-0.1, -0.05) is 20.3 Å². The number of aliphatic carboxylic acids is 1. The van der Waals surface area contributed by atoms with Gasteiger partial charge in [0.1, 0.15) is 0 Å². The molecular weight excluding hydrogens is 246 g/mol. The molecule has 0 aromatic carbocycles. The molecule has 1 fully saturated rings. The lowest BCUT2D eigenvalue weighted by Crippen LogP contribution is -2.35. The van der Waals surface area contributed by atoms with Gasteiger partial charge >= 0.3 is 12.1 Å². The molecule has 1 saturated heterocycles. The molecule has 1 aliphatic rings. The van der Waals surface area contributed by atoms with Gasteiger partial charge in [-0.05, 0) is 32.1 Å². The molecule has 1 atom stereocenters. The molecule has 19 heavy (non-hydrogen) atoms. The zero-order valence-corrected chi connectivity index (χ0v) is 12.0. The predicted molar refractivity (Wildman–Crippen MR) is 72.0 cm³/mol. The Kier molecular flexibility index (Phi) is 6.12. The minimum absolute atomic E-state index is 0.300. The molecule has 1 N–H and O–H groups in total. The van der Waals surface area contributed by atoms with Gasteiger partial charge in [0.15, 0.2) is 0 Å². The van der Waals surface area contributed by atoms with Crippen LogP contribution in [0.25, 0.3) is 0 Å². The number of hydrogen-bond acceptors (Lipinski definition) is 3. The molecule has 1 amide bonds. The molecule has 0 aromatic heterocycles. The van der Waals surface area contributed by atoms with Crippen molar-refractivity contribution in [2.24, 2.45) is 5.41 Å². The zero-order chi connectivity index (χ0) is 14.3. The first-order valence-corrected chi connectivity index (χ1v) is 7.21. The second-order valence-corrected chi connectivity index (χ2v) is 5.25. The molecule has 110 valence electrons. The van der Waals surface area contributed by atoms with Crippen molar-refractivity contribution in [1.82, 2.24) is 4.90 Å². The van der Waals surface area contributed by atoms with Crippen LogP contribution in [0.15, 0.2) is 0 Å². The average Bonchev–Trinajstić information content (AvgIpc) is 2.62. The molecule has 5 nitrogen and oxygen atoms in total. The molecule has 0 bridgehead atoms. The van der Waals surface area contributed by atoms with E-state index in [0.29, 0.717) is 39.0 Å². The number of carbonyl (C=O) groups is 2. The summed E-state index contributed by atoms with van der Waals surface area (Å²) in [5, 5.41) is 9.38.